The van der Waals surface area contributed by atoms with Gasteiger partial charge in [0, 0.05) is 12.5 Å². The van der Waals surface area contributed by atoms with Crippen LogP contribution < -0.4 is 17.2 Å². The first kappa shape index (κ1) is 12.0. The minimum absolute atomic E-state index is 0.0754. The average Bonchev–Trinajstić information content (AvgIpc) is 2.26. The summed E-state index contributed by atoms with van der Waals surface area (Å²) in [6, 6.07) is 10.1. The van der Waals surface area contributed by atoms with Gasteiger partial charge in [0.1, 0.15) is 0 Å². The maximum atomic E-state index is 5.50. The lowest BCUT2D eigenvalue weighted by Gasteiger charge is -2.08. The minimum atomic E-state index is -0.0754. The predicted molar refractivity (Wildman–Crippen MR) is 67.2 cm³/mol. The number of hydrogen-bond acceptors (Lipinski definition) is 1. The average molecular weight is 219 g/mol. The molecule has 0 fully saturated rings. The molecule has 1 unspecified atom stereocenters. The van der Waals surface area contributed by atoms with E-state index in [0.717, 1.165) is 0 Å². The SMILES string of the molecule is CC(CN=C(N)N=C(N)N)c1ccccc1. The molecule has 0 aromatic heterocycles. The van der Waals surface area contributed by atoms with Crippen molar-refractivity contribution < 1.29 is 0 Å². The molecule has 5 nitrogen and oxygen atoms in total. The smallest absolute Gasteiger partial charge is 0.218 e. The molecule has 0 aliphatic heterocycles. The molecule has 1 rings (SSSR count). The molecule has 86 valence electrons. The molecule has 1 aromatic rings. The highest BCUT2D eigenvalue weighted by Crippen LogP contribution is 2.14. The van der Waals surface area contributed by atoms with Crippen LogP contribution in [0.4, 0.5) is 0 Å². The third-order valence-electron chi connectivity index (χ3n) is 2.14. The molecular formula is C11H17N5. The number of hydrogen-bond donors (Lipinski definition) is 3. The summed E-state index contributed by atoms with van der Waals surface area (Å²) in [5.41, 5.74) is 17.1. The summed E-state index contributed by atoms with van der Waals surface area (Å²) in [6.45, 7) is 2.63. The number of nitrogens with zero attached hydrogens (tertiary/aromatic N) is 2. The fourth-order valence-corrected chi connectivity index (χ4v) is 1.29. The number of nitrogens with two attached hydrogens (primary N) is 3. The lowest BCUT2D eigenvalue weighted by molar-refractivity contribution is 0.773. The maximum absolute atomic E-state index is 5.50. The summed E-state index contributed by atoms with van der Waals surface area (Å²) in [6.07, 6.45) is 0. The Balaban J connectivity index is 2.59. The third kappa shape index (κ3) is 4.00. The zero-order valence-electron chi connectivity index (χ0n) is 9.30. The van der Waals surface area contributed by atoms with Crippen LogP contribution in [0.25, 0.3) is 0 Å². The Labute approximate surface area is 95.1 Å². The highest BCUT2D eigenvalue weighted by atomic mass is 15.1. The van der Waals surface area contributed by atoms with Gasteiger partial charge in [0.25, 0.3) is 0 Å². The van der Waals surface area contributed by atoms with Gasteiger partial charge >= 0.3 is 0 Å². The Morgan fingerprint density at radius 2 is 1.81 bits per heavy atom. The largest absolute Gasteiger partial charge is 0.370 e. The van der Waals surface area contributed by atoms with Crippen molar-refractivity contribution in [3.8, 4) is 0 Å². The van der Waals surface area contributed by atoms with E-state index in [-0.39, 0.29) is 17.8 Å². The van der Waals surface area contributed by atoms with Gasteiger partial charge in [-0.3, -0.25) is 4.99 Å². The van der Waals surface area contributed by atoms with E-state index in [1.165, 1.54) is 5.56 Å². The molecule has 0 spiro atoms. The van der Waals surface area contributed by atoms with Gasteiger partial charge in [-0.05, 0) is 5.56 Å². The van der Waals surface area contributed by atoms with Crippen LogP contribution in [-0.4, -0.2) is 18.5 Å². The molecule has 16 heavy (non-hydrogen) atoms. The van der Waals surface area contributed by atoms with Gasteiger partial charge in [-0.1, -0.05) is 37.3 Å². The molecule has 5 heteroatoms. The number of aliphatic imine (C=N–C) groups is 2. The van der Waals surface area contributed by atoms with Gasteiger partial charge in [0.15, 0.2) is 5.96 Å². The van der Waals surface area contributed by atoms with Gasteiger partial charge in [0.05, 0.1) is 0 Å². The summed E-state index contributed by atoms with van der Waals surface area (Å²) in [5.74, 6) is 0.324. The van der Waals surface area contributed by atoms with Crippen molar-refractivity contribution >= 4 is 11.9 Å². The van der Waals surface area contributed by atoms with Crippen molar-refractivity contribution in [2.24, 2.45) is 27.2 Å². The molecule has 1 atom stereocenters. The second-order valence-electron chi connectivity index (χ2n) is 3.55. The van der Waals surface area contributed by atoms with Crippen molar-refractivity contribution in [2.75, 3.05) is 6.54 Å². The predicted octanol–water partition coefficient (Wildman–Crippen LogP) is 0.378. The lowest BCUT2D eigenvalue weighted by Crippen LogP contribution is -2.26. The topological polar surface area (TPSA) is 103 Å². The summed E-state index contributed by atoms with van der Waals surface area (Å²) in [7, 11) is 0. The van der Waals surface area contributed by atoms with Crippen LogP contribution in [-0.2, 0) is 0 Å². The molecule has 6 N–H and O–H groups in total. The molecule has 0 saturated heterocycles. The van der Waals surface area contributed by atoms with Crippen LogP contribution in [0.5, 0.6) is 0 Å². The van der Waals surface area contributed by atoms with Gasteiger partial charge in [-0.25, -0.2) is 0 Å². The third-order valence-corrected chi connectivity index (χ3v) is 2.14. The summed E-state index contributed by atoms with van der Waals surface area (Å²) in [5, 5.41) is 0. The standard InChI is InChI=1S/C11H17N5/c1-8(9-5-3-2-4-6-9)7-15-11(14)16-10(12)13/h2-6,8H,7H2,1H3,(H6,12,13,14,15,16). The van der Waals surface area contributed by atoms with Crippen LogP contribution in [0.1, 0.15) is 18.4 Å². The molecule has 0 amide bonds. The summed E-state index contributed by atoms with van der Waals surface area (Å²) in [4.78, 5) is 7.73. The van der Waals surface area contributed by atoms with Crippen molar-refractivity contribution in [3.05, 3.63) is 35.9 Å². The van der Waals surface area contributed by atoms with E-state index in [0.29, 0.717) is 6.54 Å². The first-order valence-electron chi connectivity index (χ1n) is 5.04. The number of rotatable bonds is 3. The second-order valence-corrected chi connectivity index (χ2v) is 3.55. The molecule has 0 aliphatic rings. The fourth-order valence-electron chi connectivity index (χ4n) is 1.29. The zero-order chi connectivity index (χ0) is 12.0. The van der Waals surface area contributed by atoms with Crippen LogP contribution >= 0.6 is 0 Å². The zero-order valence-corrected chi connectivity index (χ0v) is 9.30. The van der Waals surface area contributed by atoms with Crippen molar-refractivity contribution in [3.63, 3.8) is 0 Å². The van der Waals surface area contributed by atoms with Crippen molar-refractivity contribution in [1.82, 2.24) is 0 Å². The lowest BCUT2D eigenvalue weighted by atomic mass is 10.0. The summed E-state index contributed by atoms with van der Waals surface area (Å²) < 4.78 is 0. The molecule has 0 bridgehead atoms. The highest BCUT2D eigenvalue weighted by Gasteiger charge is 2.03. The van der Waals surface area contributed by atoms with E-state index >= 15 is 0 Å². The van der Waals surface area contributed by atoms with Crippen LogP contribution in [0.2, 0.25) is 0 Å². The quantitative estimate of drug-likeness (QED) is 0.505. The summed E-state index contributed by atoms with van der Waals surface area (Å²) >= 11 is 0. The first-order chi connectivity index (χ1) is 7.59. The number of guanidine groups is 2. The van der Waals surface area contributed by atoms with Crippen molar-refractivity contribution in [2.45, 2.75) is 12.8 Å². The van der Waals surface area contributed by atoms with E-state index in [9.17, 15) is 0 Å². The Bertz CT molecular complexity index is 379. The monoisotopic (exact) mass is 219 g/mol. The molecule has 0 saturated carbocycles. The van der Waals surface area contributed by atoms with Crippen molar-refractivity contribution in [1.29, 1.82) is 0 Å². The fraction of sp³-hybridized carbons (Fsp3) is 0.273. The highest BCUT2D eigenvalue weighted by molar-refractivity contribution is 5.92. The van der Waals surface area contributed by atoms with Gasteiger partial charge in [0.2, 0.25) is 5.96 Å². The molecular weight excluding hydrogens is 202 g/mol. The van der Waals surface area contributed by atoms with Crippen LogP contribution in [0, 0.1) is 0 Å². The Morgan fingerprint density at radius 3 is 2.38 bits per heavy atom. The van der Waals surface area contributed by atoms with Crippen LogP contribution in [0.15, 0.2) is 40.3 Å². The van der Waals surface area contributed by atoms with Gasteiger partial charge < -0.3 is 17.2 Å². The van der Waals surface area contributed by atoms with E-state index in [4.69, 9.17) is 17.2 Å². The normalized spacial score (nSPS) is 13.2. The Hall–Kier alpha value is -2.04. The maximum Gasteiger partial charge on any atom is 0.218 e. The van der Waals surface area contributed by atoms with E-state index < -0.39 is 0 Å². The number of benzene rings is 1. The van der Waals surface area contributed by atoms with Gasteiger partial charge in [-0.2, -0.15) is 4.99 Å². The minimum Gasteiger partial charge on any atom is -0.370 e. The second kappa shape index (κ2) is 5.75. The van der Waals surface area contributed by atoms with Gasteiger partial charge in [-0.15, -0.1) is 0 Å². The van der Waals surface area contributed by atoms with E-state index in [1.54, 1.807) is 0 Å². The first-order valence-corrected chi connectivity index (χ1v) is 5.04. The molecule has 0 heterocycles. The molecule has 0 aliphatic carbocycles. The van der Waals surface area contributed by atoms with E-state index in [1.807, 2.05) is 18.2 Å². The van der Waals surface area contributed by atoms with E-state index in [2.05, 4.69) is 29.0 Å². The Morgan fingerprint density at radius 1 is 1.19 bits per heavy atom. The van der Waals surface area contributed by atoms with Crippen LogP contribution in [0.3, 0.4) is 0 Å². The Kier molecular flexibility index (Phi) is 4.32. The molecule has 0 radical (unpaired) electrons. The molecule has 1 aromatic carbocycles.